The smallest absolute Gasteiger partial charge is 0.230 e. The van der Waals surface area contributed by atoms with Crippen molar-refractivity contribution in [1.82, 2.24) is 4.57 Å². The number of methoxy groups -OCH3 is 1. The number of ether oxygens (including phenoxy) is 1. The zero-order valence-corrected chi connectivity index (χ0v) is 11.2. The summed E-state index contributed by atoms with van der Waals surface area (Å²) in [6, 6.07) is 11.3. The minimum Gasteiger partial charge on any atom is -0.461 e. The molecule has 3 aromatic rings. The van der Waals surface area contributed by atoms with E-state index < -0.39 is 0 Å². The largest absolute Gasteiger partial charge is 0.461 e. The summed E-state index contributed by atoms with van der Waals surface area (Å²) >= 11 is 0. The van der Waals surface area contributed by atoms with Crippen molar-refractivity contribution in [2.24, 2.45) is 0 Å². The number of para-hydroxylation sites is 1. The molecule has 0 spiro atoms. The highest BCUT2D eigenvalue weighted by atomic mass is 16.5. The molecule has 0 unspecified atom stereocenters. The number of fused-ring (bicyclic) bond motifs is 1. The predicted molar refractivity (Wildman–Crippen MR) is 76.0 cm³/mol. The molecule has 0 aliphatic heterocycles. The van der Waals surface area contributed by atoms with E-state index in [1.807, 2.05) is 35.0 Å². The van der Waals surface area contributed by atoms with Gasteiger partial charge in [-0.3, -0.25) is 4.79 Å². The number of furan rings is 1. The number of aromatic nitrogens is 1. The van der Waals surface area contributed by atoms with Crippen LogP contribution in [0.5, 0.6) is 0 Å². The Kier molecular flexibility index (Phi) is 3.39. The molecule has 1 aromatic carbocycles. The first-order valence-electron chi connectivity index (χ1n) is 6.46. The van der Waals surface area contributed by atoms with Crippen molar-refractivity contribution >= 4 is 16.7 Å². The fourth-order valence-electron chi connectivity index (χ4n) is 2.34. The minimum absolute atomic E-state index is 0.0950. The van der Waals surface area contributed by atoms with Crippen LogP contribution in [0.4, 0.5) is 0 Å². The highest BCUT2D eigenvalue weighted by molar-refractivity contribution is 6.15. The summed E-state index contributed by atoms with van der Waals surface area (Å²) in [5.41, 5.74) is 1.69. The van der Waals surface area contributed by atoms with E-state index in [-0.39, 0.29) is 5.78 Å². The average molecular weight is 269 g/mol. The Hall–Kier alpha value is -2.33. The third-order valence-corrected chi connectivity index (χ3v) is 3.31. The monoisotopic (exact) mass is 269 g/mol. The van der Waals surface area contributed by atoms with Gasteiger partial charge in [-0.25, -0.2) is 0 Å². The topological polar surface area (TPSA) is 44.4 Å². The van der Waals surface area contributed by atoms with Crippen molar-refractivity contribution in [1.29, 1.82) is 0 Å². The Morgan fingerprint density at radius 1 is 1.25 bits per heavy atom. The van der Waals surface area contributed by atoms with Gasteiger partial charge in [-0.15, -0.1) is 0 Å². The fourth-order valence-corrected chi connectivity index (χ4v) is 2.34. The van der Waals surface area contributed by atoms with Crippen LogP contribution in [0.3, 0.4) is 0 Å². The summed E-state index contributed by atoms with van der Waals surface area (Å²) in [4.78, 5) is 12.5. The Balaban J connectivity index is 2.09. The lowest BCUT2D eigenvalue weighted by molar-refractivity contribution is 0.101. The lowest BCUT2D eigenvalue weighted by Crippen LogP contribution is -2.03. The molecule has 2 heterocycles. The summed E-state index contributed by atoms with van der Waals surface area (Å²) < 4.78 is 12.4. The molecule has 102 valence electrons. The molecule has 0 bridgehead atoms. The molecule has 0 atom stereocenters. The first-order chi connectivity index (χ1) is 9.81. The van der Waals surface area contributed by atoms with E-state index in [0.717, 1.165) is 10.9 Å². The summed E-state index contributed by atoms with van der Waals surface area (Å²) in [6.45, 7) is 1.31. The number of benzene rings is 1. The van der Waals surface area contributed by atoms with Gasteiger partial charge >= 0.3 is 0 Å². The fraction of sp³-hybridized carbons (Fsp3) is 0.188. The molecule has 0 saturated heterocycles. The van der Waals surface area contributed by atoms with Gasteiger partial charge in [0.25, 0.3) is 0 Å². The Bertz CT molecular complexity index is 725. The Labute approximate surface area is 116 Å². The molecule has 0 fully saturated rings. The van der Waals surface area contributed by atoms with Crippen molar-refractivity contribution in [3.8, 4) is 0 Å². The van der Waals surface area contributed by atoms with Crippen LogP contribution in [0.15, 0.2) is 53.3 Å². The first-order valence-corrected chi connectivity index (χ1v) is 6.46. The minimum atomic E-state index is -0.0950. The number of carbonyl (C=O) groups excluding carboxylic acids is 1. The summed E-state index contributed by atoms with van der Waals surface area (Å²) in [7, 11) is 1.67. The second-order valence-electron chi connectivity index (χ2n) is 4.55. The van der Waals surface area contributed by atoms with Crippen LogP contribution in [0, 0.1) is 0 Å². The standard InChI is InChI=1S/C16H15NO3/c1-19-10-8-17-11-13(12-5-2-3-6-14(12)17)16(18)15-7-4-9-20-15/h2-7,9,11H,8,10H2,1H3. The highest BCUT2D eigenvalue weighted by Crippen LogP contribution is 2.24. The predicted octanol–water partition coefficient (Wildman–Crippen LogP) is 3.11. The number of carbonyl (C=O) groups is 1. The molecular formula is C16H15NO3. The number of ketones is 1. The maximum Gasteiger partial charge on any atom is 0.230 e. The van der Waals surface area contributed by atoms with E-state index in [1.54, 1.807) is 19.2 Å². The van der Waals surface area contributed by atoms with Gasteiger partial charge in [-0.05, 0) is 18.2 Å². The molecule has 20 heavy (non-hydrogen) atoms. The third kappa shape index (κ3) is 2.14. The van der Waals surface area contributed by atoms with Crippen LogP contribution in [0.25, 0.3) is 10.9 Å². The normalized spacial score (nSPS) is 11.1. The number of hydrogen-bond donors (Lipinski definition) is 0. The SMILES string of the molecule is COCCn1cc(C(=O)c2ccco2)c2ccccc21. The lowest BCUT2D eigenvalue weighted by atomic mass is 10.1. The maximum atomic E-state index is 12.5. The molecule has 3 rings (SSSR count). The highest BCUT2D eigenvalue weighted by Gasteiger charge is 2.18. The lowest BCUT2D eigenvalue weighted by Gasteiger charge is -2.03. The zero-order chi connectivity index (χ0) is 13.9. The van der Waals surface area contributed by atoms with Crippen LogP contribution < -0.4 is 0 Å². The molecule has 0 aliphatic rings. The van der Waals surface area contributed by atoms with E-state index in [2.05, 4.69) is 0 Å². The third-order valence-electron chi connectivity index (χ3n) is 3.31. The summed E-state index contributed by atoms with van der Waals surface area (Å²) in [5, 5.41) is 0.935. The van der Waals surface area contributed by atoms with E-state index in [9.17, 15) is 4.79 Å². The van der Waals surface area contributed by atoms with Gasteiger partial charge in [0.2, 0.25) is 5.78 Å². The molecule has 4 heteroatoms. The van der Waals surface area contributed by atoms with Crippen LogP contribution in [0.1, 0.15) is 16.1 Å². The van der Waals surface area contributed by atoms with Crippen molar-refractivity contribution in [2.45, 2.75) is 6.54 Å². The second-order valence-corrected chi connectivity index (χ2v) is 4.55. The number of rotatable bonds is 5. The molecule has 0 amide bonds. The summed E-state index contributed by atoms with van der Waals surface area (Å²) in [6.07, 6.45) is 3.38. The van der Waals surface area contributed by atoms with Gasteiger partial charge in [0.05, 0.1) is 18.4 Å². The van der Waals surface area contributed by atoms with E-state index >= 15 is 0 Å². The van der Waals surface area contributed by atoms with Crippen molar-refractivity contribution in [2.75, 3.05) is 13.7 Å². The second kappa shape index (κ2) is 5.35. The quantitative estimate of drug-likeness (QED) is 0.668. The van der Waals surface area contributed by atoms with Crippen LogP contribution in [-0.4, -0.2) is 24.1 Å². The van der Waals surface area contributed by atoms with Gasteiger partial charge in [0.1, 0.15) is 0 Å². The zero-order valence-electron chi connectivity index (χ0n) is 11.2. The van der Waals surface area contributed by atoms with Crippen LogP contribution in [0.2, 0.25) is 0 Å². The van der Waals surface area contributed by atoms with Crippen LogP contribution in [-0.2, 0) is 11.3 Å². The Morgan fingerprint density at radius 3 is 2.85 bits per heavy atom. The molecule has 0 radical (unpaired) electrons. The van der Waals surface area contributed by atoms with Crippen molar-refractivity contribution < 1.29 is 13.9 Å². The molecule has 0 saturated carbocycles. The van der Waals surface area contributed by atoms with Crippen molar-refractivity contribution in [3.63, 3.8) is 0 Å². The van der Waals surface area contributed by atoms with Crippen molar-refractivity contribution in [3.05, 3.63) is 60.2 Å². The molecule has 2 aromatic heterocycles. The summed E-state index contributed by atoms with van der Waals surface area (Å²) in [5.74, 6) is 0.266. The van der Waals surface area contributed by atoms with Gasteiger partial charge in [-0.2, -0.15) is 0 Å². The van der Waals surface area contributed by atoms with Gasteiger partial charge in [-0.1, -0.05) is 18.2 Å². The van der Waals surface area contributed by atoms with Gasteiger partial charge in [0, 0.05) is 30.8 Å². The van der Waals surface area contributed by atoms with Crippen LogP contribution >= 0.6 is 0 Å². The molecular weight excluding hydrogens is 254 g/mol. The average Bonchev–Trinajstić information content (AvgIpc) is 3.12. The molecule has 0 N–H and O–H groups in total. The number of nitrogens with zero attached hydrogens (tertiary/aromatic N) is 1. The molecule has 0 aliphatic carbocycles. The molecule has 4 nitrogen and oxygen atoms in total. The van der Waals surface area contributed by atoms with Gasteiger partial charge in [0.15, 0.2) is 5.76 Å². The van der Waals surface area contributed by atoms with E-state index in [4.69, 9.17) is 9.15 Å². The van der Waals surface area contributed by atoms with E-state index in [0.29, 0.717) is 24.5 Å². The maximum absolute atomic E-state index is 12.5. The number of hydrogen-bond acceptors (Lipinski definition) is 3. The Morgan fingerprint density at radius 2 is 2.10 bits per heavy atom. The first kappa shape index (κ1) is 12.7. The van der Waals surface area contributed by atoms with E-state index in [1.165, 1.54) is 6.26 Å². The van der Waals surface area contributed by atoms with Gasteiger partial charge < -0.3 is 13.7 Å².